The summed E-state index contributed by atoms with van der Waals surface area (Å²) in [7, 11) is 0. The molecular formula is C18H25ClFN3O. The molecule has 1 heterocycles. The van der Waals surface area contributed by atoms with Crippen LogP contribution in [-0.4, -0.2) is 47.9 Å². The molecule has 4 nitrogen and oxygen atoms in total. The molecule has 1 aromatic carbocycles. The summed E-state index contributed by atoms with van der Waals surface area (Å²) in [6, 6.07) is 4.93. The number of hydrogen-bond acceptors (Lipinski definition) is 3. The Kier molecular flexibility index (Phi) is 5.74. The number of nitrogens with zero attached hydrogens (tertiary/aromatic N) is 2. The predicted octanol–water partition coefficient (Wildman–Crippen LogP) is 2.64. The van der Waals surface area contributed by atoms with E-state index in [2.05, 4.69) is 4.90 Å². The van der Waals surface area contributed by atoms with Gasteiger partial charge in [-0.2, -0.15) is 0 Å². The second-order valence-corrected chi connectivity index (χ2v) is 7.33. The number of hydrogen-bond donors (Lipinski definition) is 1. The topological polar surface area (TPSA) is 49.6 Å². The first kappa shape index (κ1) is 17.6. The van der Waals surface area contributed by atoms with Gasteiger partial charge in [-0.15, -0.1) is 0 Å². The second-order valence-electron chi connectivity index (χ2n) is 6.93. The molecule has 3 rings (SSSR count). The minimum atomic E-state index is -0.266. The van der Waals surface area contributed by atoms with Crippen molar-refractivity contribution >= 4 is 17.5 Å². The van der Waals surface area contributed by atoms with Crippen molar-refractivity contribution in [3.05, 3.63) is 34.6 Å². The molecule has 6 heteroatoms. The molecule has 2 unspecified atom stereocenters. The maximum Gasteiger partial charge on any atom is 0.225 e. The zero-order chi connectivity index (χ0) is 17.1. The van der Waals surface area contributed by atoms with E-state index in [4.69, 9.17) is 17.3 Å². The van der Waals surface area contributed by atoms with Gasteiger partial charge >= 0.3 is 0 Å². The number of amides is 1. The van der Waals surface area contributed by atoms with Gasteiger partial charge in [-0.25, -0.2) is 4.39 Å². The van der Waals surface area contributed by atoms with Crippen LogP contribution in [0.3, 0.4) is 0 Å². The number of carbonyl (C=O) groups excluding carboxylic acids is 1. The average Bonchev–Trinajstić information content (AvgIpc) is 2.58. The van der Waals surface area contributed by atoms with Crippen molar-refractivity contribution in [3.8, 4) is 0 Å². The number of piperazine rings is 1. The van der Waals surface area contributed by atoms with Crippen LogP contribution in [-0.2, 0) is 11.3 Å². The third-order valence-electron chi connectivity index (χ3n) is 5.19. The normalized spacial score (nSPS) is 25.7. The standard InChI is InChI=1S/C18H25ClFN3O/c19-16-5-2-6-17(20)15(16)12-22-7-9-23(10-8-22)18(24)13-3-1-4-14(21)11-13/h2,5-6,13-14H,1,3-4,7-12,21H2. The minimum Gasteiger partial charge on any atom is -0.340 e. The Morgan fingerprint density at radius 2 is 2.00 bits per heavy atom. The molecule has 1 aliphatic carbocycles. The fourth-order valence-corrected chi connectivity index (χ4v) is 3.97. The van der Waals surface area contributed by atoms with Crippen LogP contribution in [0, 0.1) is 11.7 Å². The van der Waals surface area contributed by atoms with E-state index in [1.165, 1.54) is 6.07 Å². The molecule has 2 atom stereocenters. The third-order valence-corrected chi connectivity index (χ3v) is 5.55. The molecule has 0 aromatic heterocycles. The fraction of sp³-hybridized carbons (Fsp3) is 0.611. The van der Waals surface area contributed by atoms with Gasteiger partial charge in [0.25, 0.3) is 0 Å². The highest BCUT2D eigenvalue weighted by molar-refractivity contribution is 6.31. The Bertz CT molecular complexity index is 569. The van der Waals surface area contributed by atoms with Gasteiger partial charge < -0.3 is 10.6 Å². The first-order chi connectivity index (χ1) is 11.5. The molecule has 2 N–H and O–H groups in total. The van der Waals surface area contributed by atoms with Crippen molar-refractivity contribution in [3.63, 3.8) is 0 Å². The average molecular weight is 354 g/mol. The Morgan fingerprint density at radius 3 is 2.67 bits per heavy atom. The summed E-state index contributed by atoms with van der Waals surface area (Å²) >= 11 is 6.10. The van der Waals surface area contributed by atoms with E-state index in [-0.39, 0.29) is 23.7 Å². The van der Waals surface area contributed by atoms with Crippen molar-refractivity contribution < 1.29 is 9.18 Å². The largest absolute Gasteiger partial charge is 0.340 e. The van der Waals surface area contributed by atoms with Crippen molar-refractivity contribution in [2.45, 2.75) is 38.3 Å². The summed E-state index contributed by atoms with van der Waals surface area (Å²) in [6.07, 6.45) is 3.84. The molecule has 1 saturated heterocycles. The van der Waals surface area contributed by atoms with Gasteiger partial charge in [-0.05, 0) is 31.4 Å². The van der Waals surface area contributed by atoms with E-state index >= 15 is 0 Å². The maximum absolute atomic E-state index is 13.9. The van der Waals surface area contributed by atoms with Crippen molar-refractivity contribution in [2.75, 3.05) is 26.2 Å². The lowest BCUT2D eigenvalue weighted by Crippen LogP contribution is -2.51. The van der Waals surface area contributed by atoms with Gasteiger partial charge in [0.15, 0.2) is 0 Å². The highest BCUT2D eigenvalue weighted by atomic mass is 35.5. The Morgan fingerprint density at radius 1 is 1.25 bits per heavy atom. The summed E-state index contributed by atoms with van der Waals surface area (Å²) in [5.74, 6) is 0.0623. The van der Waals surface area contributed by atoms with E-state index in [1.807, 2.05) is 4.90 Å². The molecular weight excluding hydrogens is 329 g/mol. The number of rotatable bonds is 3. The van der Waals surface area contributed by atoms with Crippen molar-refractivity contribution in [1.82, 2.24) is 9.80 Å². The van der Waals surface area contributed by atoms with E-state index in [0.717, 1.165) is 38.8 Å². The van der Waals surface area contributed by atoms with Crippen LogP contribution in [0.1, 0.15) is 31.2 Å². The zero-order valence-electron chi connectivity index (χ0n) is 13.9. The summed E-state index contributed by atoms with van der Waals surface area (Å²) < 4.78 is 13.9. The molecule has 132 valence electrons. The first-order valence-electron chi connectivity index (χ1n) is 8.74. The van der Waals surface area contributed by atoms with Gasteiger partial charge in [-0.3, -0.25) is 9.69 Å². The number of halogens is 2. The van der Waals surface area contributed by atoms with E-state index in [0.29, 0.717) is 30.2 Å². The van der Waals surface area contributed by atoms with E-state index in [9.17, 15) is 9.18 Å². The molecule has 0 spiro atoms. The van der Waals surface area contributed by atoms with Crippen LogP contribution < -0.4 is 5.73 Å². The highest BCUT2D eigenvalue weighted by Gasteiger charge is 2.30. The lowest BCUT2D eigenvalue weighted by atomic mass is 9.85. The number of benzene rings is 1. The molecule has 1 aliphatic heterocycles. The van der Waals surface area contributed by atoms with Gasteiger partial charge in [0.1, 0.15) is 5.82 Å². The van der Waals surface area contributed by atoms with Crippen LogP contribution in [0.4, 0.5) is 4.39 Å². The van der Waals surface area contributed by atoms with E-state index < -0.39 is 0 Å². The quantitative estimate of drug-likeness (QED) is 0.908. The van der Waals surface area contributed by atoms with E-state index in [1.54, 1.807) is 12.1 Å². The molecule has 0 bridgehead atoms. The van der Waals surface area contributed by atoms with Gasteiger partial charge in [0, 0.05) is 55.3 Å². The van der Waals surface area contributed by atoms with Crippen molar-refractivity contribution in [2.24, 2.45) is 11.7 Å². The zero-order valence-corrected chi connectivity index (χ0v) is 14.6. The van der Waals surface area contributed by atoms with Crippen LogP contribution in [0.2, 0.25) is 5.02 Å². The SMILES string of the molecule is NC1CCCC(C(=O)N2CCN(Cc3c(F)cccc3Cl)CC2)C1. The molecule has 0 radical (unpaired) electrons. The smallest absolute Gasteiger partial charge is 0.225 e. The van der Waals surface area contributed by atoms with Crippen LogP contribution in [0.25, 0.3) is 0 Å². The Balaban J connectivity index is 1.53. The van der Waals surface area contributed by atoms with Crippen LogP contribution >= 0.6 is 11.6 Å². The first-order valence-corrected chi connectivity index (χ1v) is 9.12. The Labute approximate surface area is 147 Å². The third kappa shape index (κ3) is 4.08. The van der Waals surface area contributed by atoms with Gasteiger partial charge in [0.05, 0.1) is 0 Å². The molecule has 24 heavy (non-hydrogen) atoms. The molecule has 2 aliphatic rings. The molecule has 1 saturated carbocycles. The predicted molar refractivity (Wildman–Crippen MR) is 93.2 cm³/mol. The summed E-state index contributed by atoms with van der Waals surface area (Å²) in [5.41, 5.74) is 6.54. The maximum atomic E-state index is 13.9. The lowest BCUT2D eigenvalue weighted by molar-refractivity contribution is -0.138. The van der Waals surface area contributed by atoms with Gasteiger partial charge in [0.2, 0.25) is 5.91 Å². The number of nitrogens with two attached hydrogens (primary N) is 1. The lowest BCUT2D eigenvalue weighted by Gasteiger charge is -2.38. The molecule has 1 amide bonds. The second kappa shape index (κ2) is 7.81. The summed E-state index contributed by atoms with van der Waals surface area (Å²) in [6.45, 7) is 3.36. The highest BCUT2D eigenvalue weighted by Crippen LogP contribution is 2.26. The molecule has 2 fully saturated rings. The van der Waals surface area contributed by atoms with Crippen LogP contribution in [0.5, 0.6) is 0 Å². The van der Waals surface area contributed by atoms with Crippen molar-refractivity contribution in [1.29, 1.82) is 0 Å². The minimum absolute atomic E-state index is 0.0845. The number of carbonyl (C=O) groups is 1. The summed E-state index contributed by atoms with van der Waals surface area (Å²) in [4.78, 5) is 16.7. The monoisotopic (exact) mass is 353 g/mol. The summed E-state index contributed by atoms with van der Waals surface area (Å²) in [5, 5.41) is 0.463. The van der Waals surface area contributed by atoms with Gasteiger partial charge in [-0.1, -0.05) is 24.1 Å². The van der Waals surface area contributed by atoms with Crippen LogP contribution in [0.15, 0.2) is 18.2 Å². The molecule has 1 aromatic rings. The fourth-order valence-electron chi connectivity index (χ4n) is 3.74. The Hall–Kier alpha value is -1.17.